The molecule has 2 aliphatic rings. The summed E-state index contributed by atoms with van der Waals surface area (Å²) in [6.45, 7) is 1.48. The zero-order valence-corrected chi connectivity index (χ0v) is 14.2. The van der Waals surface area contributed by atoms with Crippen molar-refractivity contribution in [2.75, 3.05) is 26.7 Å². The van der Waals surface area contributed by atoms with Crippen molar-refractivity contribution in [3.63, 3.8) is 0 Å². The van der Waals surface area contributed by atoms with Crippen LogP contribution in [0.5, 0.6) is 0 Å². The van der Waals surface area contributed by atoms with E-state index >= 15 is 0 Å². The summed E-state index contributed by atoms with van der Waals surface area (Å²) in [6.07, 6.45) is 1.86. The van der Waals surface area contributed by atoms with E-state index in [2.05, 4.69) is 0 Å². The topological polar surface area (TPSA) is 40.6 Å². The third-order valence-electron chi connectivity index (χ3n) is 5.12. The van der Waals surface area contributed by atoms with Crippen LogP contribution in [0.4, 0.5) is 8.78 Å². The van der Waals surface area contributed by atoms with E-state index in [1.54, 1.807) is 11.9 Å². The Morgan fingerprint density at radius 2 is 2.04 bits per heavy atom. The summed E-state index contributed by atoms with van der Waals surface area (Å²) in [7, 11) is 1.77. The van der Waals surface area contributed by atoms with Gasteiger partial charge >= 0.3 is 0 Å². The van der Waals surface area contributed by atoms with Crippen LogP contribution < -0.4 is 0 Å². The molecule has 24 heavy (non-hydrogen) atoms. The molecule has 7 heteroatoms. The van der Waals surface area contributed by atoms with E-state index in [-0.39, 0.29) is 22.4 Å². The van der Waals surface area contributed by atoms with Crippen molar-refractivity contribution in [1.29, 1.82) is 0 Å². The fraction of sp³-hybridized carbons (Fsp3) is 0.529. The van der Waals surface area contributed by atoms with E-state index in [9.17, 15) is 18.4 Å². The first-order valence-electron chi connectivity index (χ1n) is 8.00. The molecule has 0 aliphatic carbocycles. The van der Waals surface area contributed by atoms with Gasteiger partial charge in [0.05, 0.1) is 16.9 Å². The van der Waals surface area contributed by atoms with Gasteiger partial charge in [0.25, 0.3) is 0 Å². The lowest BCUT2D eigenvalue weighted by Crippen LogP contribution is -2.48. The summed E-state index contributed by atoms with van der Waals surface area (Å²) in [5.74, 6) is -2.00. The number of likely N-dealkylation sites (tertiary alicyclic amines) is 2. The average molecular weight is 357 g/mol. The Morgan fingerprint density at radius 1 is 1.29 bits per heavy atom. The molecule has 1 aromatic rings. The molecule has 3 rings (SSSR count). The van der Waals surface area contributed by atoms with E-state index in [0.29, 0.717) is 19.5 Å². The first-order chi connectivity index (χ1) is 11.3. The SMILES string of the molecule is CN1CCC[C@]2(CCN(C(=O)Cc3c(F)ccc(Cl)c3F)C2)C1=O. The quantitative estimate of drug-likeness (QED) is 0.764. The minimum absolute atomic E-state index is 0.0594. The highest BCUT2D eigenvalue weighted by atomic mass is 35.5. The molecular weight excluding hydrogens is 338 g/mol. The van der Waals surface area contributed by atoms with Gasteiger partial charge in [0.15, 0.2) is 0 Å². The van der Waals surface area contributed by atoms with Crippen LogP contribution in [0, 0.1) is 17.0 Å². The summed E-state index contributed by atoms with van der Waals surface area (Å²) in [5.41, 5.74) is -0.853. The highest BCUT2D eigenvalue weighted by Gasteiger charge is 2.48. The smallest absolute Gasteiger partial charge is 0.230 e. The number of carbonyl (C=O) groups excluding carboxylic acids is 2. The van der Waals surface area contributed by atoms with Crippen LogP contribution in [0.1, 0.15) is 24.8 Å². The molecular formula is C17H19ClF2N2O2. The largest absolute Gasteiger partial charge is 0.345 e. The van der Waals surface area contributed by atoms with Crippen molar-refractivity contribution in [1.82, 2.24) is 9.80 Å². The zero-order chi connectivity index (χ0) is 17.5. The van der Waals surface area contributed by atoms with Gasteiger partial charge in [-0.05, 0) is 31.4 Å². The number of amides is 2. The van der Waals surface area contributed by atoms with Gasteiger partial charge in [-0.1, -0.05) is 11.6 Å². The van der Waals surface area contributed by atoms with E-state index in [1.807, 2.05) is 0 Å². The van der Waals surface area contributed by atoms with E-state index in [4.69, 9.17) is 11.6 Å². The predicted molar refractivity (Wildman–Crippen MR) is 85.6 cm³/mol. The normalized spacial score (nSPS) is 24.1. The second-order valence-electron chi connectivity index (χ2n) is 6.67. The van der Waals surface area contributed by atoms with Gasteiger partial charge in [-0.2, -0.15) is 0 Å². The predicted octanol–water partition coefficient (Wildman–Crippen LogP) is 2.63. The molecule has 2 saturated heterocycles. The fourth-order valence-electron chi connectivity index (χ4n) is 3.73. The van der Waals surface area contributed by atoms with Gasteiger partial charge in [-0.25, -0.2) is 8.78 Å². The van der Waals surface area contributed by atoms with Gasteiger partial charge in [-0.3, -0.25) is 9.59 Å². The Balaban J connectivity index is 1.74. The molecule has 1 aromatic carbocycles. The standard InChI is InChI=1S/C17H19ClF2N2O2/c1-21-7-2-5-17(16(21)24)6-8-22(10-17)14(23)9-11-13(19)4-3-12(18)15(11)20/h3-4H,2,5-10H2,1H3/t17-/m1/s1. The number of nitrogens with zero attached hydrogens (tertiary/aromatic N) is 2. The van der Waals surface area contributed by atoms with Crippen LogP contribution in [0.2, 0.25) is 5.02 Å². The van der Waals surface area contributed by atoms with Gasteiger partial charge in [0.1, 0.15) is 11.6 Å². The Morgan fingerprint density at radius 3 is 2.79 bits per heavy atom. The molecule has 2 heterocycles. The van der Waals surface area contributed by atoms with Crippen LogP contribution in [-0.2, 0) is 16.0 Å². The molecule has 1 spiro atoms. The summed E-state index contributed by atoms with van der Waals surface area (Å²) in [5, 5.41) is -0.207. The lowest BCUT2D eigenvalue weighted by Gasteiger charge is -2.37. The van der Waals surface area contributed by atoms with Gasteiger partial charge in [0, 0.05) is 32.2 Å². The highest BCUT2D eigenvalue weighted by molar-refractivity contribution is 6.30. The lowest BCUT2D eigenvalue weighted by atomic mass is 9.78. The molecule has 0 N–H and O–H groups in total. The zero-order valence-electron chi connectivity index (χ0n) is 13.4. The van der Waals surface area contributed by atoms with Crippen LogP contribution in [0.15, 0.2) is 12.1 Å². The number of hydrogen-bond acceptors (Lipinski definition) is 2. The van der Waals surface area contributed by atoms with Crippen molar-refractivity contribution in [2.24, 2.45) is 5.41 Å². The maximum absolute atomic E-state index is 14.0. The van der Waals surface area contributed by atoms with Crippen molar-refractivity contribution in [2.45, 2.75) is 25.7 Å². The molecule has 0 bridgehead atoms. The highest BCUT2D eigenvalue weighted by Crippen LogP contribution is 2.39. The molecule has 4 nitrogen and oxygen atoms in total. The Kier molecular flexibility index (Phi) is 4.51. The third kappa shape index (κ3) is 2.88. The molecule has 2 fully saturated rings. The Labute approximate surface area is 144 Å². The first-order valence-corrected chi connectivity index (χ1v) is 8.37. The number of halogens is 3. The van der Waals surface area contributed by atoms with Crippen LogP contribution >= 0.6 is 11.6 Å². The van der Waals surface area contributed by atoms with E-state index in [0.717, 1.165) is 31.5 Å². The van der Waals surface area contributed by atoms with Crippen molar-refractivity contribution >= 4 is 23.4 Å². The number of carbonyl (C=O) groups is 2. The minimum Gasteiger partial charge on any atom is -0.345 e. The molecule has 130 valence electrons. The summed E-state index contributed by atoms with van der Waals surface area (Å²) >= 11 is 5.66. The van der Waals surface area contributed by atoms with Crippen LogP contribution in [-0.4, -0.2) is 48.3 Å². The maximum atomic E-state index is 14.0. The summed E-state index contributed by atoms with van der Waals surface area (Å²) in [4.78, 5) is 28.2. The van der Waals surface area contributed by atoms with Crippen LogP contribution in [0.25, 0.3) is 0 Å². The number of rotatable bonds is 2. The fourth-order valence-corrected chi connectivity index (χ4v) is 3.90. The van der Waals surface area contributed by atoms with Gasteiger partial charge in [-0.15, -0.1) is 0 Å². The third-order valence-corrected chi connectivity index (χ3v) is 5.41. The van der Waals surface area contributed by atoms with Gasteiger partial charge < -0.3 is 9.80 Å². The first kappa shape index (κ1) is 17.1. The summed E-state index contributed by atoms with van der Waals surface area (Å²) in [6, 6.07) is 2.18. The molecule has 0 radical (unpaired) electrons. The monoisotopic (exact) mass is 356 g/mol. The molecule has 0 saturated carbocycles. The molecule has 2 amide bonds. The van der Waals surface area contributed by atoms with Crippen molar-refractivity contribution in [3.8, 4) is 0 Å². The van der Waals surface area contributed by atoms with Gasteiger partial charge in [0.2, 0.25) is 11.8 Å². The van der Waals surface area contributed by atoms with Crippen LogP contribution in [0.3, 0.4) is 0 Å². The summed E-state index contributed by atoms with van der Waals surface area (Å²) < 4.78 is 27.8. The molecule has 2 aliphatic heterocycles. The average Bonchev–Trinajstić information content (AvgIpc) is 2.98. The number of benzene rings is 1. The molecule has 1 atom stereocenters. The molecule has 0 aromatic heterocycles. The van der Waals surface area contributed by atoms with Crippen molar-refractivity contribution < 1.29 is 18.4 Å². The van der Waals surface area contributed by atoms with E-state index in [1.165, 1.54) is 4.90 Å². The number of piperidine rings is 1. The second kappa shape index (κ2) is 6.31. The number of hydrogen-bond donors (Lipinski definition) is 0. The second-order valence-corrected chi connectivity index (χ2v) is 7.08. The molecule has 0 unspecified atom stereocenters. The lowest BCUT2D eigenvalue weighted by molar-refractivity contribution is -0.144. The van der Waals surface area contributed by atoms with E-state index < -0.39 is 23.5 Å². The maximum Gasteiger partial charge on any atom is 0.230 e. The Bertz CT molecular complexity index is 697. The van der Waals surface area contributed by atoms with Crippen molar-refractivity contribution in [3.05, 3.63) is 34.4 Å². The minimum atomic E-state index is -0.896. The Hall–Kier alpha value is -1.69.